The molecule has 1 aromatic heterocycles. The highest BCUT2D eigenvalue weighted by atomic mass is 19.1. The standard InChI is InChI=1S/C25H31FN4O5/c1-14(2)28-25(34)30-20-12-29-19(8-7-17(24(29)33)15-5-4-6-16(26)11-15)22(30)21(18(20)13-31)23(32)27-9-10-35-3/h4-8,11,14,18,20-22,31H,9-10,12-13H2,1-3H3,(H,27,32)(H,28,34)/t18-,20-,21+,22+/m1/s1. The Morgan fingerprint density at radius 2 is 2.03 bits per heavy atom. The van der Waals surface area contributed by atoms with Crippen molar-refractivity contribution >= 4 is 11.9 Å². The van der Waals surface area contributed by atoms with Gasteiger partial charge in [-0.2, -0.15) is 0 Å². The molecular formula is C25H31FN4O5. The number of halogens is 1. The smallest absolute Gasteiger partial charge is 0.318 e. The molecule has 1 fully saturated rings. The molecular weight excluding hydrogens is 455 g/mol. The van der Waals surface area contributed by atoms with Crippen molar-refractivity contribution in [2.45, 2.75) is 38.5 Å². The fraction of sp³-hybridized carbons (Fsp3) is 0.480. The number of amides is 3. The number of nitrogens with zero attached hydrogens (tertiary/aromatic N) is 2. The molecule has 2 aliphatic rings. The Bertz CT molecular complexity index is 1170. The molecule has 1 aromatic carbocycles. The van der Waals surface area contributed by atoms with Gasteiger partial charge in [0.1, 0.15) is 5.82 Å². The van der Waals surface area contributed by atoms with Crippen LogP contribution in [0.25, 0.3) is 11.1 Å². The van der Waals surface area contributed by atoms with Crippen LogP contribution in [0.3, 0.4) is 0 Å². The van der Waals surface area contributed by atoms with Crippen molar-refractivity contribution in [1.29, 1.82) is 0 Å². The van der Waals surface area contributed by atoms with Crippen LogP contribution in [0.5, 0.6) is 0 Å². The summed E-state index contributed by atoms with van der Waals surface area (Å²) in [5, 5.41) is 16.0. The summed E-state index contributed by atoms with van der Waals surface area (Å²) < 4.78 is 20.4. The van der Waals surface area contributed by atoms with Crippen LogP contribution in [0.4, 0.5) is 9.18 Å². The van der Waals surface area contributed by atoms with Crippen molar-refractivity contribution in [2.75, 3.05) is 26.9 Å². The maximum Gasteiger partial charge on any atom is 0.318 e. The molecule has 0 radical (unpaired) electrons. The van der Waals surface area contributed by atoms with Crippen molar-refractivity contribution in [3.8, 4) is 11.1 Å². The molecule has 3 N–H and O–H groups in total. The maximum absolute atomic E-state index is 13.8. The first-order valence-electron chi connectivity index (χ1n) is 11.7. The quantitative estimate of drug-likeness (QED) is 0.514. The summed E-state index contributed by atoms with van der Waals surface area (Å²) in [4.78, 5) is 41.6. The summed E-state index contributed by atoms with van der Waals surface area (Å²) >= 11 is 0. The van der Waals surface area contributed by atoms with Crippen LogP contribution in [-0.2, 0) is 16.1 Å². The summed E-state index contributed by atoms with van der Waals surface area (Å²) in [6, 6.07) is 7.32. The van der Waals surface area contributed by atoms with Crippen LogP contribution >= 0.6 is 0 Å². The van der Waals surface area contributed by atoms with E-state index in [1.54, 1.807) is 27.7 Å². The Hall–Kier alpha value is -3.24. The number of aromatic nitrogens is 1. The Morgan fingerprint density at radius 1 is 1.26 bits per heavy atom. The van der Waals surface area contributed by atoms with Crippen molar-refractivity contribution in [1.82, 2.24) is 20.1 Å². The van der Waals surface area contributed by atoms with Crippen LogP contribution in [0.2, 0.25) is 0 Å². The fourth-order valence-corrected chi connectivity index (χ4v) is 5.28. The van der Waals surface area contributed by atoms with Gasteiger partial charge in [-0.05, 0) is 43.7 Å². The Labute approximate surface area is 202 Å². The first-order chi connectivity index (χ1) is 16.8. The zero-order valence-electron chi connectivity index (χ0n) is 20.0. The fourth-order valence-electron chi connectivity index (χ4n) is 5.28. The van der Waals surface area contributed by atoms with E-state index in [1.165, 1.54) is 25.3 Å². The van der Waals surface area contributed by atoms with E-state index in [4.69, 9.17) is 4.74 Å². The average molecular weight is 487 g/mol. The van der Waals surface area contributed by atoms with E-state index in [2.05, 4.69) is 10.6 Å². The van der Waals surface area contributed by atoms with E-state index < -0.39 is 29.7 Å². The number of ether oxygens (including phenoxy) is 1. The number of nitrogens with one attached hydrogen (secondary N) is 2. The lowest BCUT2D eigenvalue weighted by atomic mass is 9.86. The second-order valence-corrected chi connectivity index (χ2v) is 9.28. The van der Waals surface area contributed by atoms with Gasteiger partial charge in [0.15, 0.2) is 0 Å². The van der Waals surface area contributed by atoms with E-state index in [1.807, 2.05) is 13.8 Å². The third-order valence-electron chi connectivity index (χ3n) is 6.73. The molecule has 0 aliphatic carbocycles. The van der Waals surface area contributed by atoms with Crippen molar-refractivity contribution in [2.24, 2.45) is 11.8 Å². The summed E-state index contributed by atoms with van der Waals surface area (Å²) in [5.41, 5.74) is 0.955. The lowest BCUT2D eigenvalue weighted by molar-refractivity contribution is -0.127. The lowest BCUT2D eigenvalue weighted by Crippen LogP contribution is -2.53. The SMILES string of the molecule is COCCNC(=O)[C@H]1[C@H](CO)[C@H]2Cn3c(ccc(-c4cccc(F)c4)c3=O)[C@@H]1N2C(=O)NC(C)C. The van der Waals surface area contributed by atoms with Gasteiger partial charge in [-0.15, -0.1) is 0 Å². The normalized spacial score (nSPS) is 22.7. The molecule has 10 heteroatoms. The van der Waals surface area contributed by atoms with Crippen LogP contribution in [0, 0.1) is 17.7 Å². The van der Waals surface area contributed by atoms with Crippen molar-refractivity contribution in [3.63, 3.8) is 0 Å². The molecule has 2 aliphatic heterocycles. The number of urea groups is 1. The minimum Gasteiger partial charge on any atom is -0.396 e. The number of hydrogen-bond donors (Lipinski definition) is 3. The largest absolute Gasteiger partial charge is 0.396 e. The monoisotopic (exact) mass is 486 g/mol. The highest BCUT2D eigenvalue weighted by molar-refractivity contribution is 5.84. The Balaban J connectivity index is 1.81. The molecule has 1 saturated heterocycles. The third-order valence-corrected chi connectivity index (χ3v) is 6.73. The van der Waals surface area contributed by atoms with Crippen LogP contribution in [0.15, 0.2) is 41.2 Å². The van der Waals surface area contributed by atoms with Gasteiger partial charge in [0.05, 0.1) is 24.6 Å². The number of rotatable bonds is 7. The van der Waals surface area contributed by atoms with Gasteiger partial charge in [-0.3, -0.25) is 9.59 Å². The van der Waals surface area contributed by atoms with Gasteiger partial charge in [0.2, 0.25) is 5.91 Å². The molecule has 188 valence electrons. The van der Waals surface area contributed by atoms with Gasteiger partial charge >= 0.3 is 6.03 Å². The molecule has 3 heterocycles. The van der Waals surface area contributed by atoms with Crippen LogP contribution < -0.4 is 16.2 Å². The lowest BCUT2D eigenvalue weighted by Gasteiger charge is -2.38. The Morgan fingerprint density at radius 3 is 2.69 bits per heavy atom. The van der Waals surface area contributed by atoms with Gasteiger partial charge in [-0.25, -0.2) is 9.18 Å². The molecule has 4 rings (SSSR count). The van der Waals surface area contributed by atoms with E-state index in [0.717, 1.165) is 0 Å². The van der Waals surface area contributed by atoms with Gasteiger partial charge in [0.25, 0.3) is 5.56 Å². The number of methoxy groups -OCH3 is 1. The number of benzene rings is 1. The molecule has 0 unspecified atom stereocenters. The highest BCUT2D eigenvalue weighted by Gasteiger charge is 2.57. The number of pyridine rings is 1. The number of carbonyl (C=O) groups excluding carboxylic acids is 2. The minimum atomic E-state index is -0.757. The number of fused-ring (bicyclic) bond motifs is 4. The average Bonchev–Trinajstić information content (AvgIpc) is 3.06. The molecule has 0 saturated carbocycles. The van der Waals surface area contributed by atoms with Crippen LogP contribution in [0.1, 0.15) is 25.6 Å². The van der Waals surface area contributed by atoms with Gasteiger partial charge < -0.3 is 29.9 Å². The van der Waals surface area contributed by atoms with Crippen LogP contribution in [-0.4, -0.2) is 65.5 Å². The minimum absolute atomic E-state index is 0.117. The topological polar surface area (TPSA) is 113 Å². The van der Waals surface area contributed by atoms with E-state index in [9.17, 15) is 23.9 Å². The summed E-state index contributed by atoms with van der Waals surface area (Å²) in [5.74, 6) is -2.09. The molecule has 2 bridgehead atoms. The van der Waals surface area contributed by atoms with Crippen molar-refractivity contribution < 1.29 is 23.8 Å². The first kappa shape index (κ1) is 24.9. The van der Waals surface area contributed by atoms with Crippen molar-refractivity contribution in [3.05, 3.63) is 58.3 Å². The van der Waals surface area contributed by atoms with Gasteiger partial charge in [-0.1, -0.05) is 12.1 Å². The number of aliphatic hydroxyl groups is 1. The number of aliphatic hydroxyl groups excluding tert-OH is 1. The third kappa shape index (κ3) is 4.55. The number of carbonyl (C=O) groups is 2. The first-order valence-corrected chi connectivity index (χ1v) is 11.7. The van der Waals surface area contributed by atoms with E-state index in [0.29, 0.717) is 23.4 Å². The number of hydrogen-bond acceptors (Lipinski definition) is 5. The molecule has 3 amide bonds. The maximum atomic E-state index is 13.8. The molecule has 35 heavy (non-hydrogen) atoms. The zero-order valence-corrected chi connectivity index (χ0v) is 20.0. The Kier molecular flexibility index (Phi) is 7.23. The summed E-state index contributed by atoms with van der Waals surface area (Å²) in [6.07, 6.45) is 0. The van der Waals surface area contributed by atoms with E-state index in [-0.39, 0.29) is 43.2 Å². The molecule has 9 nitrogen and oxygen atoms in total. The van der Waals surface area contributed by atoms with E-state index >= 15 is 0 Å². The predicted molar refractivity (Wildman–Crippen MR) is 127 cm³/mol. The highest BCUT2D eigenvalue weighted by Crippen LogP contribution is 2.48. The second-order valence-electron chi connectivity index (χ2n) is 9.28. The van der Waals surface area contributed by atoms with Gasteiger partial charge in [0, 0.05) is 50.0 Å². The zero-order chi connectivity index (χ0) is 25.3. The summed E-state index contributed by atoms with van der Waals surface area (Å²) in [7, 11) is 1.53. The molecule has 0 spiro atoms. The molecule has 2 aromatic rings. The summed E-state index contributed by atoms with van der Waals surface area (Å²) in [6.45, 7) is 4.07. The predicted octanol–water partition coefficient (Wildman–Crippen LogP) is 1.50. The second kappa shape index (κ2) is 10.2. The molecule has 4 atom stereocenters.